The highest BCUT2D eigenvalue weighted by molar-refractivity contribution is 5.67. The van der Waals surface area contributed by atoms with Crippen LogP contribution < -0.4 is 20.7 Å². The van der Waals surface area contributed by atoms with E-state index in [2.05, 4.69) is 17.1 Å². The second-order valence-electron chi connectivity index (χ2n) is 3.98. The van der Waals surface area contributed by atoms with Crippen LogP contribution in [0.3, 0.4) is 0 Å². The van der Waals surface area contributed by atoms with Crippen molar-refractivity contribution in [1.82, 2.24) is 5.32 Å². The maximum atomic E-state index is 5.95. The van der Waals surface area contributed by atoms with Gasteiger partial charge in [0.1, 0.15) is 5.75 Å². The van der Waals surface area contributed by atoms with Gasteiger partial charge in [-0.1, -0.05) is 0 Å². The molecule has 0 unspecified atom stereocenters. The molecule has 0 fully saturated rings. The summed E-state index contributed by atoms with van der Waals surface area (Å²) in [7, 11) is 1.65. The first-order valence-electron chi connectivity index (χ1n) is 5.68. The lowest BCUT2D eigenvalue weighted by Crippen LogP contribution is -2.28. The highest BCUT2D eigenvalue weighted by Gasteiger charge is 2.16. The number of fused-ring (bicyclic) bond motifs is 1. The molecule has 1 aliphatic heterocycles. The Hall–Kier alpha value is -1.42. The number of anilines is 2. The molecule has 0 saturated heterocycles. The maximum absolute atomic E-state index is 5.95. The van der Waals surface area contributed by atoms with Crippen molar-refractivity contribution in [1.29, 1.82) is 0 Å². The third-order valence-corrected chi connectivity index (χ3v) is 3.03. The molecule has 3 N–H and O–H groups in total. The fourth-order valence-corrected chi connectivity index (χ4v) is 2.13. The first-order valence-corrected chi connectivity index (χ1v) is 5.68. The van der Waals surface area contributed by atoms with Crippen molar-refractivity contribution in [2.24, 2.45) is 0 Å². The van der Waals surface area contributed by atoms with Crippen molar-refractivity contribution < 1.29 is 4.74 Å². The Morgan fingerprint density at radius 3 is 3.00 bits per heavy atom. The van der Waals surface area contributed by atoms with E-state index in [1.807, 2.05) is 12.1 Å². The molecule has 0 radical (unpaired) electrons. The Morgan fingerprint density at radius 2 is 2.31 bits per heavy atom. The van der Waals surface area contributed by atoms with Crippen LogP contribution in [0.15, 0.2) is 12.1 Å². The van der Waals surface area contributed by atoms with Gasteiger partial charge < -0.3 is 20.7 Å². The second-order valence-corrected chi connectivity index (χ2v) is 3.98. The molecule has 0 amide bonds. The molecular weight excluding hydrogens is 202 g/mol. The van der Waals surface area contributed by atoms with Crippen LogP contribution in [0.4, 0.5) is 11.4 Å². The molecule has 0 aliphatic carbocycles. The smallest absolute Gasteiger partial charge is 0.142 e. The van der Waals surface area contributed by atoms with Crippen molar-refractivity contribution in [3.05, 3.63) is 17.7 Å². The van der Waals surface area contributed by atoms with Gasteiger partial charge in [0.15, 0.2) is 0 Å². The highest BCUT2D eigenvalue weighted by atomic mass is 16.5. The van der Waals surface area contributed by atoms with E-state index in [1.54, 1.807) is 7.11 Å². The first kappa shape index (κ1) is 11.1. The average molecular weight is 221 g/mol. The number of nitrogen functional groups attached to an aromatic ring is 1. The van der Waals surface area contributed by atoms with Crippen molar-refractivity contribution in [3.8, 4) is 5.75 Å². The predicted molar refractivity (Wildman–Crippen MR) is 67.0 cm³/mol. The fourth-order valence-electron chi connectivity index (χ4n) is 2.13. The number of likely N-dealkylation sites (N-methyl/N-ethyl adjacent to an activating group) is 1. The van der Waals surface area contributed by atoms with Gasteiger partial charge in [-0.3, -0.25) is 0 Å². The Morgan fingerprint density at radius 1 is 1.50 bits per heavy atom. The van der Waals surface area contributed by atoms with Gasteiger partial charge in [-0.15, -0.1) is 0 Å². The minimum absolute atomic E-state index is 0.710. The summed E-state index contributed by atoms with van der Waals surface area (Å²) in [6, 6.07) is 4.05. The van der Waals surface area contributed by atoms with Crippen LogP contribution in [0.1, 0.15) is 12.5 Å². The fraction of sp³-hybridized carbons (Fsp3) is 0.500. The van der Waals surface area contributed by atoms with Crippen LogP contribution in [0.5, 0.6) is 5.75 Å². The van der Waals surface area contributed by atoms with E-state index < -0.39 is 0 Å². The van der Waals surface area contributed by atoms with E-state index in [9.17, 15) is 0 Å². The zero-order valence-corrected chi connectivity index (χ0v) is 9.92. The third kappa shape index (κ3) is 1.93. The molecule has 0 bridgehead atoms. The lowest BCUT2D eigenvalue weighted by molar-refractivity contribution is 0.416. The van der Waals surface area contributed by atoms with Crippen LogP contribution in [0.25, 0.3) is 0 Å². The zero-order valence-electron chi connectivity index (χ0n) is 9.92. The van der Waals surface area contributed by atoms with Crippen molar-refractivity contribution >= 4 is 11.4 Å². The summed E-state index contributed by atoms with van der Waals surface area (Å²) in [6.45, 7) is 6.07. The monoisotopic (exact) mass is 221 g/mol. The Labute approximate surface area is 96.4 Å². The molecule has 1 heterocycles. The van der Waals surface area contributed by atoms with Crippen LogP contribution >= 0.6 is 0 Å². The van der Waals surface area contributed by atoms with E-state index in [0.29, 0.717) is 5.69 Å². The van der Waals surface area contributed by atoms with Gasteiger partial charge in [0, 0.05) is 31.9 Å². The van der Waals surface area contributed by atoms with Gasteiger partial charge in [0.05, 0.1) is 12.8 Å². The van der Waals surface area contributed by atoms with E-state index in [1.165, 1.54) is 11.3 Å². The molecule has 0 saturated carbocycles. The van der Waals surface area contributed by atoms with Crippen LogP contribution in [-0.4, -0.2) is 26.7 Å². The van der Waals surface area contributed by atoms with Crippen molar-refractivity contribution in [3.63, 3.8) is 0 Å². The van der Waals surface area contributed by atoms with E-state index in [4.69, 9.17) is 10.5 Å². The molecule has 4 heteroatoms. The molecule has 1 aromatic rings. The summed E-state index contributed by atoms with van der Waals surface area (Å²) >= 11 is 0. The van der Waals surface area contributed by atoms with E-state index in [0.717, 1.165) is 31.9 Å². The number of methoxy groups -OCH3 is 1. The summed E-state index contributed by atoms with van der Waals surface area (Å²) in [5.41, 5.74) is 9.14. The molecule has 1 aliphatic rings. The van der Waals surface area contributed by atoms with Crippen LogP contribution in [0, 0.1) is 0 Å². The number of hydrogen-bond donors (Lipinski definition) is 2. The molecule has 4 nitrogen and oxygen atoms in total. The lowest BCUT2D eigenvalue weighted by Gasteiger charge is -2.23. The molecule has 88 valence electrons. The Bertz CT molecular complexity index is 379. The SMILES string of the molecule is CCN1CCNCc2cc(OC)c(N)cc21. The summed E-state index contributed by atoms with van der Waals surface area (Å²) in [4.78, 5) is 2.34. The molecule has 0 spiro atoms. The maximum Gasteiger partial charge on any atom is 0.142 e. The minimum atomic E-state index is 0.710. The van der Waals surface area contributed by atoms with Gasteiger partial charge in [0.25, 0.3) is 0 Å². The number of nitrogens with zero attached hydrogens (tertiary/aromatic N) is 1. The average Bonchev–Trinajstić information content (AvgIpc) is 2.49. The molecule has 1 aromatic carbocycles. The highest BCUT2D eigenvalue weighted by Crippen LogP contribution is 2.32. The van der Waals surface area contributed by atoms with Crippen molar-refractivity contribution in [2.75, 3.05) is 37.4 Å². The van der Waals surface area contributed by atoms with Crippen LogP contribution in [-0.2, 0) is 6.54 Å². The Kier molecular flexibility index (Phi) is 3.19. The third-order valence-electron chi connectivity index (χ3n) is 3.03. The quantitative estimate of drug-likeness (QED) is 0.737. The summed E-state index contributed by atoms with van der Waals surface area (Å²) in [5.74, 6) is 0.763. The summed E-state index contributed by atoms with van der Waals surface area (Å²) in [5, 5.41) is 3.40. The number of ether oxygens (including phenoxy) is 1. The second kappa shape index (κ2) is 4.61. The number of rotatable bonds is 2. The molecule has 16 heavy (non-hydrogen) atoms. The van der Waals surface area contributed by atoms with Gasteiger partial charge in [0.2, 0.25) is 0 Å². The topological polar surface area (TPSA) is 50.5 Å². The van der Waals surface area contributed by atoms with E-state index in [-0.39, 0.29) is 0 Å². The number of nitrogens with one attached hydrogen (secondary N) is 1. The number of hydrogen-bond acceptors (Lipinski definition) is 4. The number of benzene rings is 1. The molecule has 0 atom stereocenters. The predicted octanol–water partition coefficient (Wildman–Crippen LogP) is 1.21. The van der Waals surface area contributed by atoms with Crippen LogP contribution in [0.2, 0.25) is 0 Å². The largest absolute Gasteiger partial charge is 0.495 e. The van der Waals surface area contributed by atoms with Gasteiger partial charge in [-0.2, -0.15) is 0 Å². The number of nitrogens with two attached hydrogens (primary N) is 1. The normalized spacial score (nSPS) is 15.5. The standard InChI is InChI=1S/C12H19N3O/c1-3-15-5-4-14-8-9-6-12(16-2)10(13)7-11(9)15/h6-7,14H,3-5,8,13H2,1-2H3. The minimum Gasteiger partial charge on any atom is -0.495 e. The molecule has 0 aromatic heterocycles. The summed E-state index contributed by atoms with van der Waals surface area (Å²) < 4.78 is 5.25. The zero-order chi connectivity index (χ0) is 11.5. The Balaban J connectivity index is 2.45. The van der Waals surface area contributed by atoms with Gasteiger partial charge >= 0.3 is 0 Å². The van der Waals surface area contributed by atoms with Crippen molar-refractivity contribution in [2.45, 2.75) is 13.5 Å². The summed E-state index contributed by atoms with van der Waals surface area (Å²) in [6.07, 6.45) is 0. The molecule has 2 rings (SSSR count). The first-order chi connectivity index (χ1) is 7.76. The van der Waals surface area contributed by atoms with Gasteiger partial charge in [-0.05, 0) is 24.6 Å². The van der Waals surface area contributed by atoms with E-state index >= 15 is 0 Å². The lowest BCUT2D eigenvalue weighted by atomic mass is 10.1. The molecular formula is C12H19N3O. The van der Waals surface area contributed by atoms with Gasteiger partial charge in [-0.25, -0.2) is 0 Å².